The Bertz CT molecular complexity index is 705. The molecule has 1 aliphatic rings. The number of hydrogen-bond donors (Lipinski definition) is 0. The molecule has 1 amide bonds. The van der Waals surface area contributed by atoms with Crippen LogP contribution in [0.25, 0.3) is 0 Å². The van der Waals surface area contributed by atoms with Crippen LogP contribution in [0, 0.1) is 0 Å². The van der Waals surface area contributed by atoms with Crippen LogP contribution in [0.2, 0.25) is 0 Å². The van der Waals surface area contributed by atoms with Gasteiger partial charge in [-0.3, -0.25) is 4.79 Å². The highest BCUT2D eigenvalue weighted by Crippen LogP contribution is 2.18. The van der Waals surface area contributed by atoms with Crippen LogP contribution < -0.4 is 4.74 Å². The molecule has 1 fully saturated rings. The lowest BCUT2D eigenvalue weighted by Gasteiger charge is -2.20. The summed E-state index contributed by atoms with van der Waals surface area (Å²) in [6.07, 6.45) is 4.58. The van der Waals surface area contributed by atoms with Crippen molar-refractivity contribution in [2.45, 2.75) is 52.2 Å². The molecule has 0 spiro atoms. The molecule has 1 aromatic carbocycles. The van der Waals surface area contributed by atoms with E-state index >= 15 is 0 Å². The molecular weight excluding hydrogens is 318 g/mol. The quantitative estimate of drug-likeness (QED) is 0.834. The number of hydrogen-bond acceptors (Lipinski definition) is 5. The molecule has 1 saturated heterocycles. The van der Waals surface area contributed by atoms with E-state index in [-0.39, 0.29) is 18.6 Å². The maximum atomic E-state index is 12.7. The fraction of sp³-hybridized carbons (Fsp3) is 0.556. The SMILES string of the molecule is CC(C)n1nnnc1COc1cccc(C(=O)N2CCCCCC2)c1. The molecule has 1 aromatic heterocycles. The Hall–Kier alpha value is -2.44. The fourth-order valence-corrected chi connectivity index (χ4v) is 3.03. The molecular formula is C18H25N5O2. The summed E-state index contributed by atoms with van der Waals surface area (Å²) in [5.74, 6) is 1.40. The van der Waals surface area contributed by atoms with Crippen molar-refractivity contribution in [3.05, 3.63) is 35.7 Å². The molecule has 3 rings (SSSR count). The van der Waals surface area contributed by atoms with Crippen LogP contribution in [-0.4, -0.2) is 44.1 Å². The van der Waals surface area contributed by atoms with Gasteiger partial charge in [-0.15, -0.1) is 5.10 Å². The first kappa shape index (κ1) is 17.4. The maximum Gasteiger partial charge on any atom is 0.253 e. The zero-order chi connectivity index (χ0) is 17.6. The minimum atomic E-state index is 0.0827. The van der Waals surface area contributed by atoms with Crippen LogP contribution in [0.4, 0.5) is 0 Å². The number of benzene rings is 1. The Balaban J connectivity index is 1.66. The van der Waals surface area contributed by atoms with Crippen LogP contribution in [-0.2, 0) is 6.61 Å². The molecule has 134 valence electrons. The predicted octanol–water partition coefficient (Wildman–Crippen LogP) is 2.85. The molecule has 7 nitrogen and oxygen atoms in total. The summed E-state index contributed by atoms with van der Waals surface area (Å²) in [5.41, 5.74) is 0.669. The van der Waals surface area contributed by atoms with E-state index in [4.69, 9.17) is 4.74 Å². The van der Waals surface area contributed by atoms with E-state index < -0.39 is 0 Å². The number of aromatic nitrogens is 4. The monoisotopic (exact) mass is 343 g/mol. The summed E-state index contributed by atoms with van der Waals surface area (Å²) in [6.45, 7) is 5.98. The Labute approximate surface area is 148 Å². The molecule has 0 atom stereocenters. The molecule has 0 bridgehead atoms. The van der Waals surface area contributed by atoms with Crippen molar-refractivity contribution < 1.29 is 9.53 Å². The largest absolute Gasteiger partial charge is 0.486 e. The van der Waals surface area contributed by atoms with Crippen molar-refractivity contribution in [2.24, 2.45) is 0 Å². The van der Waals surface area contributed by atoms with Gasteiger partial charge in [0.1, 0.15) is 12.4 Å². The first-order valence-electron chi connectivity index (χ1n) is 8.94. The summed E-state index contributed by atoms with van der Waals surface area (Å²) in [5, 5.41) is 11.6. The maximum absolute atomic E-state index is 12.7. The van der Waals surface area contributed by atoms with Crippen LogP contribution in [0.15, 0.2) is 24.3 Å². The van der Waals surface area contributed by atoms with E-state index in [0.29, 0.717) is 17.1 Å². The number of amides is 1. The third-order valence-electron chi connectivity index (χ3n) is 4.39. The van der Waals surface area contributed by atoms with Gasteiger partial charge >= 0.3 is 0 Å². The highest BCUT2D eigenvalue weighted by atomic mass is 16.5. The summed E-state index contributed by atoms with van der Waals surface area (Å²) < 4.78 is 7.54. The molecule has 0 aliphatic carbocycles. The Morgan fingerprint density at radius 1 is 1.20 bits per heavy atom. The van der Waals surface area contributed by atoms with Gasteiger partial charge in [-0.25, -0.2) is 4.68 Å². The molecule has 2 aromatic rings. The van der Waals surface area contributed by atoms with Gasteiger partial charge in [-0.2, -0.15) is 0 Å². The van der Waals surface area contributed by atoms with E-state index in [1.807, 2.05) is 36.9 Å². The zero-order valence-corrected chi connectivity index (χ0v) is 14.9. The standard InChI is InChI=1S/C18H25N5O2/c1-14(2)23-17(19-20-21-23)13-25-16-9-7-8-15(12-16)18(24)22-10-5-3-4-6-11-22/h7-9,12,14H,3-6,10-11,13H2,1-2H3. The third kappa shape index (κ3) is 4.35. The van der Waals surface area contributed by atoms with E-state index in [1.165, 1.54) is 12.8 Å². The molecule has 0 radical (unpaired) electrons. The second kappa shape index (κ2) is 8.09. The van der Waals surface area contributed by atoms with Gasteiger partial charge in [0.15, 0.2) is 5.82 Å². The third-order valence-corrected chi connectivity index (χ3v) is 4.39. The smallest absolute Gasteiger partial charge is 0.253 e. The first-order valence-corrected chi connectivity index (χ1v) is 8.94. The molecule has 7 heteroatoms. The minimum absolute atomic E-state index is 0.0827. The normalized spacial score (nSPS) is 15.2. The lowest BCUT2D eigenvalue weighted by molar-refractivity contribution is 0.0761. The average molecular weight is 343 g/mol. The average Bonchev–Trinajstić information content (AvgIpc) is 2.93. The van der Waals surface area contributed by atoms with Gasteiger partial charge < -0.3 is 9.64 Å². The Morgan fingerprint density at radius 3 is 2.68 bits per heavy atom. The van der Waals surface area contributed by atoms with Gasteiger partial charge in [-0.05, 0) is 55.3 Å². The van der Waals surface area contributed by atoms with Crippen LogP contribution in [0.5, 0.6) is 5.75 Å². The summed E-state index contributed by atoms with van der Waals surface area (Å²) >= 11 is 0. The number of ether oxygens (including phenoxy) is 1. The van der Waals surface area contributed by atoms with Gasteiger partial charge in [0.2, 0.25) is 0 Å². The topological polar surface area (TPSA) is 73.1 Å². The van der Waals surface area contributed by atoms with E-state index in [2.05, 4.69) is 15.5 Å². The highest BCUT2D eigenvalue weighted by Gasteiger charge is 2.18. The fourth-order valence-electron chi connectivity index (χ4n) is 3.03. The van der Waals surface area contributed by atoms with Crippen LogP contribution in [0.3, 0.4) is 0 Å². The molecule has 0 unspecified atom stereocenters. The number of tetrazole rings is 1. The van der Waals surface area contributed by atoms with Crippen LogP contribution in [0.1, 0.15) is 61.8 Å². The van der Waals surface area contributed by atoms with Crippen molar-refractivity contribution in [1.82, 2.24) is 25.1 Å². The van der Waals surface area contributed by atoms with Crippen molar-refractivity contribution in [2.75, 3.05) is 13.1 Å². The summed E-state index contributed by atoms with van der Waals surface area (Å²) in [6, 6.07) is 7.52. The Kier molecular flexibility index (Phi) is 5.63. The zero-order valence-electron chi connectivity index (χ0n) is 14.9. The van der Waals surface area contributed by atoms with Gasteiger partial charge in [-0.1, -0.05) is 18.9 Å². The van der Waals surface area contributed by atoms with Crippen molar-refractivity contribution in [1.29, 1.82) is 0 Å². The Morgan fingerprint density at radius 2 is 1.96 bits per heavy atom. The second-order valence-corrected chi connectivity index (χ2v) is 6.66. The van der Waals surface area contributed by atoms with E-state index in [1.54, 1.807) is 10.7 Å². The second-order valence-electron chi connectivity index (χ2n) is 6.66. The predicted molar refractivity (Wildman–Crippen MR) is 93.3 cm³/mol. The highest BCUT2D eigenvalue weighted by molar-refractivity contribution is 5.94. The minimum Gasteiger partial charge on any atom is -0.486 e. The van der Waals surface area contributed by atoms with Gasteiger partial charge in [0.05, 0.1) is 6.04 Å². The molecule has 25 heavy (non-hydrogen) atoms. The van der Waals surface area contributed by atoms with E-state index in [0.717, 1.165) is 25.9 Å². The lowest BCUT2D eigenvalue weighted by atomic mass is 10.2. The number of nitrogens with zero attached hydrogens (tertiary/aromatic N) is 5. The van der Waals surface area contributed by atoms with Gasteiger partial charge in [0.25, 0.3) is 5.91 Å². The summed E-state index contributed by atoms with van der Waals surface area (Å²) in [7, 11) is 0. The number of rotatable bonds is 5. The number of carbonyl (C=O) groups is 1. The lowest BCUT2D eigenvalue weighted by Crippen LogP contribution is -2.31. The van der Waals surface area contributed by atoms with Gasteiger partial charge in [0, 0.05) is 18.7 Å². The first-order chi connectivity index (χ1) is 12.1. The van der Waals surface area contributed by atoms with Crippen LogP contribution >= 0.6 is 0 Å². The molecule has 1 aliphatic heterocycles. The molecule has 2 heterocycles. The van der Waals surface area contributed by atoms with E-state index in [9.17, 15) is 4.79 Å². The number of likely N-dealkylation sites (tertiary alicyclic amines) is 1. The van der Waals surface area contributed by atoms with Crippen molar-refractivity contribution >= 4 is 5.91 Å². The molecule has 0 saturated carbocycles. The van der Waals surface area contributed by atoms with Crippen molar-refractivity contribution in [3.8, 4) is 5.75 Å². The summed E-state index contributed by atoms with van der Waals surface area (Å²) in [4.78, 5) is 14.7. The van der Waals surface area contributed by atoms with Crippen molar-refractivity contribution in [3.63, 3.8) is 0 Å². The molecule has 0 N–H and O–H groups in total. The number of carbonyl (C=O) groups excluding carboxylic acids is 1.